The molecule has 8 nitrogen and oxygen atoms in total. The van der Waals surface area contributed by atoms with Crippen molar-refractivity contribution in [2.45, 2.75) is 6.92 Å². The number of ether oxygens (including phenoxy) is 3. The minimum atomic E-state index is -0.206. The highest BCUT2D eigenvalue weighted by Gasteiger charge is 2.18. The van der Waals surface area contributed by atoms with Gasteiger partial charge in [-0.15, -0.1) is 11.3 Å². The maximum absolute atomic E-state index is 12.8. The number of thiazole rings is 1. The molecule has 4 rings (SSSR count). The highest BCUT2D eigenvalue weighted by molar-refractivity contribution is 7.17. The zero-order valence-electron chi connectivity index (χ0n) is 17.7. The Hall–Kier alpha value is -3.17. The van der Waals surface area contributed by atoms with Gasteiger partial charge in [0.1, 0.15) is 15.7 Å². The van der Waals surface area contributed by atoms with E-state index in [0.717, 1.165) is 29.5 Å². The molecule has 3 aromatic rings. The quantitative estimate of drug-likeness (QED) is 0.627. The van der Waals surface area contributed by atoms with Gasteiger partial charge in [0.05, 0.1) is 45.0 Å². The van der Waals surface area contributed by atoms with Crippen molar-refractivity contribution >= 4 is 28.7 Å². The summed E-state index contributed by atoms with van der Waals surface area (Å²) in [5, 5.41) is 3.66. The fourth-order valence-corrected chi connectivity index (χ4v) is 4.29. The first-order valence-electron chi connectivity index (χ1n) is 9.89. The van der Waals surface area contributed by atoms with Crippen LogP contribution < -0.4 is 19.7 Å². The van der Waals surface area contributed by atoms with Crippen LogP contribution in [0.4, 0.5) is 11.5 Å². The normalized spacial score (nSPS) is 13.7. The van der Waals surface area contributed by atoms with Gasteiger partial charge in [-0.3, -0.25) is 4.79 Å². The van der Waals surface area contributed by atoms with Gasteiger partial charge < -0.3 is 24.4 Å². The number of carbonyl (C=O) groups excluding carboxylic acids is 1. The molecule has 0 radical (unpaired) electrons. The smallest absolute Gasteiger partial charge is 0.267 e. The Kier molecular flexibility index (Phi) is 6.34. The summed E-state index contributed by atoms with van der Waals surface area (Å²) in [6, 6.07) is 9.35. The van der Waals surface area contributed by atoms with E-state index < -0.39 is 0 Å². The molecule has 0 atom stereocenters. The maximum atomic E-state index is 12.8. The van der Waals surface area contributed by atoms with Gasteiger partial charge in [0, 0.05) is 18.7 Å². The molecule has 0 unspecified atom stereocenters. The van der Waals surface area contributed by atoms with Crippen LogP contribution in [0.25, 0.3) is 10.6 Å². The average molecular weight is 441 g/mol. The average Bonchev–Trinajstić information content (AvgIpc) is 3.21. The van der Waals surface area contributed by atoms with Gasteiger partial charge in [0.15, 0.2) is 11.5 Å². The lowest BCUT2D eigenvalue weighted by Crippen LogP contribution is -2.36. The second kappa shape index (κ2) is 9.32. The number of aryl methyl sites for hydroxylation is 1. The van der Waals surface area contributed by atoms with Crippen LogP contribution >= 0.6 is 11.3 Å². The highest BCUT2D eigenvalue weighted by atomic mass is 32.1. The van der Waals surface area contributed by atoms with Crippen molar-refractivity contribution in [1.29, 1.82) is 0 Å². The summed E-state index contributed by atoms with van der Waals surface area (Å²) >= 11 is 1.34. The number of nitrogens with one attached hydrogen (secondary N) is 1. The van der Waals surface area contributed by atoms with Gasteiger partial charge in [-0.2, -0.15) is 0 Å². The molecule has 1 N–H and O–H groups in total. The second-order valence-electron chi connectivity index (χ2n) is 6.96. The van der Waals surface area contributed by atoms with Crippen molar-refractivity contribution in [3.8, 4) is 22.1 Å². The van der Waals surface area contributed by atoms with E-state index in [1.54, 1.807) is 20.4 Å². The Morgan fingerprint density at radius 3 is 2.58 bits per heavy atom. The molecule has 31 heavy (non-hydrogen) atoms. The molecule has 1 fully saturated rings. The fourth-order valence-electron chi connectivity index (χ4n) is 3.33. The predicted molar refractivity (Wildman–Crippen MR) is 121 cm³/mol. The molecule has 9 heteroatoms. The number of nitrogens with zero attached hydrogens (tertiary/aromatic N) is 3. The number of morpholine rings is 1. The van der Waals surface area contributed by atoms with Crippen molar-refractivity contribution in [1.82, 2.24) is 9.97 Å². The molecule has 3 heterocycles. The molecule has 0 aliphatic carbocycles. The second-order valence-corrected chi connectivity index (χ2v) is 7.96. The summed E-state index contributed by atoms with van der Waals surface area (Å²) in [7, 11) is 3.18. The first-order valence-corrected chi connectivity index (χ1v) is 10.7. The van der Waals surface area contributed by atoms with E-state index in [4.69, 9.17) is 14.2 Å². The molecule has 1 aromatic carbocycles. The molecule has 1 saturated heterocycles. The fraction of sp³-hybridized carbons (Fsp3) is 0.318. The van der Waals surface area contributed by atoms with Gasteiger partial charge in [-0.05, 0) is 37.3 Å². The molecule has 1 aliphatic rings. The predicted octanol–water partition coefficient (Wildman–Crippen LogP) is 3.62. The summed E-state index contributed by atoms with van der Waals surface area (Å²) in [6.45, 7) is 4.87. The lowest BCUT2D eigenvalue weighted by atomic mass is 10.2. The van der Waals surface area contributed by atoms with Crippen LogP contribution in [0, 0.1) is 6.92 Å². The van der Waals surface area contributed by atoms with Crippen molar-refractivity contribution in [2.24, 2.45) is 0 Å². The van der Waals surface area contributed by atoms with Crippen LogP contribution in [0.1, 0.15) is 15.4 Å². The zero-order chi connectivity index (χ0) is 21.8. The topological polar surface area (TPSA) is 85.8 Å². The molecule has 1 aliphatic heterocycles. The molecule has 0 spiro atoms. The minimum Gasteiger partial charge on any atom is -0.493 e. The van der Waals surface area contributed by atoms with E-state index in [0.29, 0.717) is 41.0 Å². The van der Waals surface area contributed by atoms with E-state index in [-0.39, 0.29) is 5.91 Å². The van der Waals surface area contributed by atoms with E-state index in [1.165, 1.54) is 11.3 Å². The zero-order valence-corrected chi connectivity index (χ0v) is 18.5. The highest BCUT2D eigenvalue weighted by Crippen LogP contribution is 2.35. The number of benzene rings is 1. The Balaban J connectivity index is 1.49. The molecule has 2 aromatic heterocycles. The van der Waals surface area contributed by atoms with Gasteiger partial charge in [0.2, 0.25) is 0 Å². The Labute approximate surface area is 184 Å². The number of pyridine rings is 1. The maximum Gasteiger partial charge on any atom is 0.267 e. The number of carbonyl (C=O) groups is 1. The van der Waals surface area contributed by atoms with E-state index in [1.807, 2.05) is 37.3 Å². The van der Waals surface area contributed by atoms with Gasteiger partial charge in [-0.25, -0.2) is 9.97 Å². The Morgan fingerprint density at radius 1 is 1.13 bits per heavy atom. The molecular formula is C22H24N4O4S. The molecule has 0 saturated carbocycles. The number of aromatic nitrogens is 2. The number of hydrogen-bond acceptors (Lipinski definition) is 8. The van der Waals surface area contributed by atoms with Crippen molar-refractivity contribution in [2.75, 3.05) is 50.7 Å². The summed E-state index contributed by atoms with van der Waals surface area (Å²) in [4.78, 5) is 24.6. The van der Waals surface area contributed by atoms with Gasteiger partial charge >= 0.3 is 0 Å². The monoisotopic (exact) mass is 440 g/mol. The summed E-state index contributed by atoms with van der Waals surface area (Å²) < 4.78 is 16.0. The number of methoxy groups -OCH3 is 2. The molecular weight excluding hydrogens is 416 g/mol. The van der Waals surface area contributed by atoms with E-state index in [9.17, 15) is 4.79 Å². The lowest BCUT2D eigenvalue weighted by molar-refractivity contribution is 0.102. The Bertz CT molecular complexity index is 1060. The third kappa shape index (κ3) is 4.62. The van der Waals surface area contributed by atoms with Crippen LogP contribution in [0.3, 0.4) is 0 Å². The van der Waals surface area contributed by atoms with Crippen LogP contribution in [0.2, 0.25) is 0 Å². The first-order chi connectivity index (χ1) is 15.1. The first kappa shape index (κ1) is 21.1. The standard InChI is InChI=1S/C22H24N4O4S/c1-14-20(31-22(24-14)15-4-6-17(28-2)18(12-15)29-3)21(27)25-16-5-7-19(23-13-16)26-8-10-30-11-9-26/h4-7,12-13H,8-11H2,1-3H3,(H,25,27). The third-order valence-electron chi connectivity index (χ3n) is 4.97. The largest absolute Gasteiger partial charge is 0.493 e. The lowest BCUT2D eigenvalue weighted by Gasteiger charge is -2.27. The third-order valence-corrected chi connectivity index (χ3v) is 6.18. The van der Waals surface area contributed by atoms with Crippen LogP contribution in [-0.2, 0) is 4.74 Å². The molecule has 0 bridgehead atoms. The van der Waals surface area contributed by atoms with Gasteiger partial charge in [0.25, 0.3) is 5.91 Å². The summed E-state index contributed by atoms with van der Waals surface area (Å²) in [5.74, 6) is 1.93. The minimum absolute atomic E-state index is 0.206. The van der Waals surface area contributed by atoms with E-state index in [2.05, 4.69) is 20.2 Å². The number of anilines is 2. The van der Waals surface area contributed by atoms with Gasteiger partial charge in [-0.1, -0.05) is 0 Å². The number of rotatable bonds is 6. The van der Waals surface area contributed by atoms with Crippen LogP contribution in [0.15, 0.2) is 36.5 Å². The summed E-state index contributed by atoms with van der Waals surface area (Å²) in [5.41, 5.74) is 2.17. The number of amides is 1. The SMILES string of the molecule is COc1ccc(-c2nc(C)c(C(=O)Nc3ccc(N4CCOCC4)nc3)s2)cc1OC. The Morgan fingerprint density at radius 2 is 1.90 bits per heavy atom. The van der Waals surface area contributed by atoms with Crippen LogP contribution in [-0.4, -0.2) is 56.4 Å². The summed E-state index contributed by atoms with van der Waals surface area (Å²) in [6.07, 6.45) is 1.67. The van der Waals surface area contributed by atoms with Crippen molar-refractivity contribution in [3.63, 3.8) is 0 Å². The number of hydrogen-bond donors (Lipinski definition) is 1. The molecule has 1 amide bonds. The van der Waals surface area contributed by atoms with Crippen molar-refractivity contribution in [3.05, 3.63) is 47.1 Å². The van der Waals surface area contributed by atoms with Crippen LogP contribution in [0.5, 0.6) is 11.5 Å². The van der Waals surface area contributed by atoms with Crippen molar-refractivity contribution < 1.29 is 19.0 Å². The van der Waals surface area contributed by atoms with E-state index >= 15 is 0 Å². The molecule has 162 valence electrons.